The van der Waals surface area contributed by atoms with E-state index in [1.807, 2.05) is 0 Å². The average Bonchev–Trinajstić information content (AvgIpc) is 2.44. The first-order chi connectivity index (χ1) is 7.34. The lowest BCUT2D eigenvalue weighted by Gasteiger charge is -2.19. The van der Waals surface area contributed by atoms with Gasteiger partial charge >= 0.3 is 5.97 Å². The van der Waals surface area contributed by atoms with Crippen LogP contribution >= 0.6 is 0 Å². The van der Waals surface area contributed by atoms with Crippen molar-refractivity contribution in [1.82, 2.24) is 5.32 Å². The fourth-order valence-corrected chi connectivity index (χ4v) is 3.73. The second kappa shape index (κ2) is 5.14. The fourth-order valence-electron chi connectivity index (χ4n) is 1.95. The van der Waals surface area contributed by atoms with Gasteiger partial charge in [0.2, 0.25) is 0 Å². The second-order valence-corrected chi connectivity index (χ2v) is 7.00. The molecule has 1 aliphatic heterocycles. The highest BCUT2D eigenvalue weighted by Gasteiger charge is 2.32. The molecule has 0 radical (unpaired) electrons. The van der Waals surface area contributed by atoms with E-state index in [-0.39, 0.29) is 18.2 Å². The van der Waals surface area contributed by atoms with E-state index in [0.29, 0.717) is 12.8 Å². The fraction of sp³-hybridized carbons (Fsp3) is 0.900. The number of rotatable bonds is 5. The molecule has 1 heterocycles. The van der Waals surface area contributed by atoms with E-state index in [4.69, 9.17) is 5.11 Å². The number of carboxylic acids is 1. The molecule has 1 fully saturated rings. The van der Waals surface area contributed by atoms with E-state index in [2.05, 4.69) is 5.32 Å². The van der Waals surface area contributed by atoms with Crippen molar-refractivity contribution in [1.29, 1.82) is 0 Å². The van der Waals surface area contributed by atoms with Crippen LogP contribution in [-0.2, 0) is 14.6 Å². The van der Waals surface area contributed by atoms with E-state index in [0.717, 1.165) is 0 Å². The van der Waals surface area contributed by atoms with Gasteiger partial charge in [-0.1, -0.05) is 13.8 Å². The number of carbonyl (C=O) groups is 1. The van der Waals surface area contributed by atoms with Gasteiger partial charge in [-0.15, -0.1) is 0 Å². The minimum absolute atomic E-state index is 0.0541. The first-order valence-electron chi connectivity index (χ1n) is 5.52. The third-order valence-electron chi connectivity index (χ3n) is 2.96. The third kappa shape index (κ3) is 3.18. The lowest BCUT2D eigenvalue weighted by molar-refractivity contribution is -0.140. The molecule has 1 saturated heterocycles. The quantitative estimate of drug-likeness (QED) is 0.730. The van der Waals surface area contributed by atoms with Gasteiger partial charge in [-0.3, -0.25) is 4.79 Å². The van der Waals surface area contributed by atoms with Crippen LogP contribution in [-0.4, -0.2) is 43.1 Å². The number of hydrogen-bond donors (Lipinski definition) is 2. The van der Waals surface area contributed by atoms with E-state index >= 15 is 0 Å². The number of sulfone groups is 1. The number of hydrogen-bond acceptors (Lipinski definition) is 4. The third-order valence-corrected chi connectivity index (χ3v) is 5.24. The molecule has 94 valence electrons. The van der Waals surface area contributed by atoms with Crippen LogP contribution in [0.1, 0.15) is 26.7 Å². The topological polar surface area (TPSA) is 83.5 Å². The van der Waals surface area contributed by atoms with Crippen LogP contribution < -0.4 is 5.32 Å². The number of aliphatic carboxylic acids is 1. The molecule has 0 aromatic carbocycles. The van der Waals surface area contributed by atoms with Crippen LogP contribution in [0, 0.1) is 5.92 Å². The highest BCUT2D eigenvalue weighted by atomic mass is 32.2. The Bertz CT molecular complexity index is 350. The molecule has 1 aliphatic rings. The van der Waals surface area contributed by atoms with Crippen LogP contribution in [0.5, 0.6) is 0 Å². The lowest BCUT2D eigenvalue weighted by atomic mass is 10.0. The van der Waals surface area contributed by atoms with Crippen molar-refractivity contribution in [3.63, 3.8) is 0 Å². The summed E-state index contributed by atoms with van der Waals surface area (Å²) >= 11 is 0. The van der Waals surface area contributed by atoms with Crippen LogP contribution in [0.4, 0.5) is 0 Å². The van der Waals surface area contributed by atoms with Crippen molar-refractivity contribution >= 4 is 15.8 Å². The normalized spacial score (nSPS) is 25.8. The van der Waals surface area contributed by atoms with Gasteiger partial charge in [-0.25, -0.2) is 8.42 Å². The molecular formula is C10H19NO4S. The Morgan fingerprint density at radius 3 is 2.50 bits per heavy atom. The predicted molar refractivity (Wildman–Crippen MR) is 61.1 cm³/mol. The largest absolute Gasteiger partial charge is 0.480 e. The van der Waals surface area contributed by atoms with E-state index in [1.165, 1.54) is 0 Å². The molecule has 5 nitrogen and oxygen atoms in total. The zero-order chi connectivity index (χ0) is 12.3. The smallest absolute Gasteiger partial charge is 0.320 e. The van der Waals surface area contributed by atoms with Crippen molar-refractivity contribution in [2.24, 2.45) is 5.92 Å². The highest BCUT2D eigenvalue weighted by Crippen LogP contribution is 2.19. The van der Waals surface area contributed by atoms with Crippen LogP contribution in [0.15, 0.2) is 0 Å². The monoisotopic (exact) mass is 249 g/mol. The molecule has 2 atom stereocenters. The zero-order valence-corrected chi connectivity index (χ0v) is 10.5. The maximum Gasteiger partial charge on any atom is 0.320 e. The Kier molecular flexibility index (Phi) is 4.32. The molecule has 0 aromatic heterocycles. The maximum atomic E-state index is 11.5. The first kappa shape index (κ1) is 13.4. The van der Waals surface area contributed by atoms with Crippen molar-refractivity contribution < 1.29 is 18.3 Å². The number of carboxylic acid groups (broad SMARTS) is 1. The average molecular weight is 249 g/mol. The van der Waals surface area contributed by atoms with E-state index in [1.54, 1.807) is 13.8 Å². The summed E-state index contributed by atoms with van der Waals surface area (Å²) in [5, 5.41) is 11.4. The minimum Gasteiger partial charge on any atom is -0.480 e. The molecule has 2 unspecified atom stereocenters. The molecule has 2 N–H and O–H groups in total. The maximum absolute atomic E-state index is 11.5. The van der Waals surface area contributed by atoms with Gasteiger partial charge in [0.1, 0.15) is 6.04 Å². The Hall–Kier alpha value is -0.620. The van der Waals surface area contributed by atoms with E-state index in [9.17, 15) is 13.2 Å². The van der Waals surface area contributed by atoms with Crippen LogP contribution in [0.3, 0.4) is 0 Å². The summed E-state index contributed by atoms with van der Waals surface area (Å²) in [6.45, 7) is 3.85. The summed E-state index contributed by atoms with van der Waals surface area (Å²) in [4.78, 5) is 10.9. The molecule has 0 spiro atoms. The molecule has 0 bridgehead atoms. The van der Waals surface area contributed by atoms with Crippen molar-refractivity contribution in [2.45, 2.75) is 38.0 Å². The molecule has 1 rings (SSSR count). The predicted octanol–water partition coefficient (Wildman–Crippen LogP) is 0.262. The highest BCUT2D eigenvalue weighted by molar-refractivity contribution is 7.92. The van der Waals surface area contributed by atoms with Crippen LogP contribution in [0.25, 0.3) is 0 Å². The van der Waals surface area contributed by atoms with Gasteiger partial charge in [0.15, 0.2) is 9.84 Å². The van der Waals surface area contributed by atoms with Gasteiger partial charge in [-0.2, -0.15) is 0 Å². The lowest BCUT2D eigenvalue weighted by Crippen LogP contribution is -2.45. The summed E-state index contributed by atoms with van der Waals surface area (Å²) < 4.78 is 23.1. The molecule has 0 saturated carbocycles. The van der Waals surface area contributed by atoms with E-state index < -0.39 is 27.1 Å². The molecule has 0 amide bonds. The summed E-state index contributed by atoms with van der Waals surface area (Å²) in [5.41, 5.74) is 0. The van der Waals surface area contributed by atoms with Crippen LogP contribution in [0.2, 0.25) is 0 Å². The molecular weight excluding hydrogens is 230 g/mol. The summed E-state index contributed by atoms with van der Waals surface area (Å²) in [5.74, 6) is -0.745. The zero-order valence-electron chi connectivity index (χ0n) is 9.64. The first-order valence-corrected chi connectivity index (χ1v) is 7.24. The molecule has 0 aliphatic carbocycles. The SMILES string of the molecule is CC(C)C(NCC1CCCS1(=O)=O)C(=O)O. The second-order valence-electron chi connectivity index (χ2n) is 4.60. The molecule has 16 heavy (non-hydrogen) atoms. The standard InChI is InChI=1S/C10H19NO4S/c1-7(2)9(10(12)13)11-6-8-4-3-5-16(8,14)15/h7-9,11H,3-6H2,1-2H3,(H,12,13). The van der Waals surface area contributed by atoms with Crippen molar-refractivity contribution in [2.75, 3.05) is 12.3 Å². The summed E-state index contributed by atoms with van der Waals surface area (Å²) in [6.07, 6.45) is 1.33. The van der Waals surface area contributed by atoms with Gasteiger partial charge < -0.3 is 10.4 Å². The van der Waals surface area contributed by atoms with Gasteiger partial charge in [0.05, 0.1) is 11.0 Å². The van der Waals surface area contributed by atoms with Gasteiger partial charge in [-0.05, 0) is 18.8 Å². The van der Waals surface area contributed by atoms with Gasteiger partial charge in [0.25, 0.3) is 0 Å². The summed E-state index contributed by atoms with van der Waals surface area (Å²) in [6, 6.07) is -0.671. The number of nitrogens with one attached hydrogen (secondary N) is 1. The Morgan fingerprint density at radius 1 is 1.50 bits per heavy atom. The van der Waals surface area contributed by atoms with Crippen molar-refractivity contribution in [3.8, 4) is 0 Å². The molecule has 0 aromatic rings. The Balaban J connectivity index is 2.53. The Morgan fingerprint density at radius 2 is 2.12 bits per heavy atom. The summed E-state index contributed by atoms with van der Waals surface area (Å²) in [7, 11) is -2.99. The minimum atomic E-state index is -2.99. The molecule has 6 heteroatoms. The van der Waals surface area contributed by atoms with Gasteiger partial charge in [0, 0.05) is 6.54 Å². The van der Waals surface area contributed by atoms with Crippen molar-refractivity contribution in [3.05, 3.63) is 0 Å². The Labute approximate surface area is 96.1 Å².